The average Bonchev–Trinajstić information content (AvgIpc) is 2.14. The third-order valence-electron chi connectivity index (χ3n) is 1.55. The van der Waals surface area contributed by atoms with Crippen LogP contribution in [0.3, 0.4) is 0 Å². The van der Waals surface area contributed by atoms with Gasteiger partial charge in [-0.25, -0.2) is 0 Å². The highest BCUT2D eigenvalue weighted by molar-refractivity contribution is 8.76. The van der Waals surface area contributed by atoms with Crippen molar-refractivity contribution in [3.05, 3.63) is 24.1 Å². The molecule has 0 nitrogen and oxygen atoms in total. The molecule has 1 unspecified atom stereocenters. The zero-order chi connectivity index (χ0) is 8.65. The smallest absolute Gasteiger partial charge is 0.0215 e. The summed E-state index contributed by atoms with van der Waals surface area (Å²) in [5.74, 6) is 2.34. The molecule has 3 heteroatoms. The largest absolute Gasteiger partial charge is 0.130 e. The van der Waals surface area contributed by atoms with Crippen LogP contribution in [0.4, 0.5) is 0 Å². The van der Waals surface area contributed by atoms with Gasteiger partial charge < -0.3 is 0 Å². The van der Waals surface area contributed by atoms with Gasteiger partial charge in [0.1, 0.15) is 0 Å². The SMILES string of the molecule is C=CCSSCC1CCC=CS1. The van der Waals surface area contributed by atoms with E-state index in [0.29, 0.717) is 0 Å². The normalized spacial score (nSPS) is 22.5. The Morgan fingerprint density at radius 3 is 3.17 bits per heavy atom. The molecule has 0 aromatic rings. The van der Waals surface area contributed by atoms with E-state index in [1.54, 1.807) is 0 Å². The first-order chi connectivity index (χ1) is 5.93. The van der Waals surface area contributed by atoms with Gasteiger partial charge in [0.25, 0.3) is 0 Å². The fourth-order valence-electron chi connectivity index (χ4n) is 0.928. The van der Waals surface area contributed by atoms with Gasteiger partial charge in [-0.3, -0.25) is 0 Å². The molecule has 0 radical (unpaired) electrons. The molecule has 12 heavy (non-hydrogen) atoms. The maximum atomic E-state index is 3.69. The minimum atomic E-state index is 0.845. The van der Waals surface area contributed by atoms with Crippen molar-refractivity contribution in [3.8, 4) is 0 Å². The van der Waals surface area contributed by atoms with Gasteiger partial charge >= 0.3 is 0 Å². The summed E-state index contributed by atoms with van der Waals surface area (Å²) in [5, 5.41) is 3.09. The summed E-state index contributed by atoms with van der Waals surface area (Å²) in [4.78, 5) is 0. The maximum absolute atomic E-state index is 3.69. The predicted octanol–water partition coefficient (Wildman–Crippen LogP) is 3.96. The van der Waals surface area contributed by atoms with E-state index < -0.39 is 0 Å². The Hall–Kier alpha value is 0.530. The third kappa shape index (κ3) is 4.53. The van der Waals surface area contributed by atoms with Gasteiger partial charge in [-0.2, -0.15) is 0 Å². The molecule has 0 N–H and O–H groups in total. The van der Waals surface area contributed by atoms with Crippen LogP contribution in [0.2, 0.25) is 0 Å². The van der Waals surface area contributed by atoms with Crippen LogP contribution in [0.5, 0.6) is 0 Å². The predicted molar refractivity (Wildman–Crippen MR) is 64.9 cm³/mol. The maximum Gasteiger partial charge on any atom is 0.0215 e. The first kappa shape index (κ1) is 10.6. The molecule has 0 aromatic heterocycles. The van der Waals surface area contributed by atoms with Crippen LogP contribution >= 0.6 is 33.3 Å². The molecule has 0 aliphatic carbocycles. The summed E-state index contributed by atoms with van der Waals surface area (Å²) in [7, 11) is 3.88. The first-order valence-corrected chi connectivity index (χ1v) is 7.52. The van der Waals surface area contributed by atoms with E-state index in [4.69, 9.17) is 0 Å². The van der Waals surface area contributed by atoms with Crippen molar-refractivity contribution in [1.29, 1.82) is 0 Å². The topological polar surface area (TPSA) is 0 Å². The Morgan fingerprint density at radius 1 is 1.58 bits per heavy atom. The van der Waals surface area contributed by atoms with Crippen LogP contribution in [0.1, 0.15) is 12.8 Å². The second-order valence-electron chi connectivity index (χ2n) is 2.56. The van der Waals surface area contributed by atoms with Crippen LogP contribution < -0.4 is 0 Å². The summed E-state index contributed by atoms with van der Waals surface area (Å²) in [6.07, 6.45) is 6.85. The van der Waals surface area contributed by atoms with Gasteiger partial charge in [0, 0.05) is 16.8 Å². The molecule has 0 amide bonds. The highest BCUT2D eigenvalue weighted by Crippen LogP contribution is 2.31. The number of thioether (sulfide) groups is 1. The molecule has 0 saturated heterocycles. The van der Waals surface area contributed by atoms with Crippen molar-refractivity contribution in [1.82, 2.24) is 0 Å². The molecule has 1 aliphatic rings. The molecule has 1 atom stereocenters. The molecule has 0 bridgehead atoms. The standard InChI is InChI=1S/C9H14S3/c1-2-6-11-12-8-9-5-3-4-7-10-9/h2,4,7,9H,1,3,5-6,8H2. The second-order valence-corrected chi connectivity index (χ2v) is 6.33. The van der Waals surface area contributed by atoms with Gasteiger partial charge in [-0.1, -0.05) is 33.7 Å². The molecule has 0 spiro atoms. The highest BCUT2D eigenvalue weighted by atomic mass is 33.1. The molecular formula is C9H14S3. The van der Waals surface area contributed by atoms with Gasteiger partial charge in [0.05, 0.1) is 0 Å². The van der Waals surface area contributed by atoms with Crippen molar-refractivity contribution >= 4 is 33.3 Å². The minimum absolute atomic E-state index is 0.845. The molecule has 1 aliphatic heterocycles. The summed E-state index contributed by atoms with van der Waals surface area (Å²) in [5.41, 5.74) is 0. The second kappa shape index (κ2) is 6.98. The van der Waals surface area contributed by atoms with Crippen molar-refractivity contribution < 1.29 is 0 Å². The van der Waals surface area contributed by atoms with Gasteiger partial charge in [0.15, 0.2) is 0 Å². The molecule has 1 rings (SSSR count). The number of allylic oxidation sites excluding steroid dienone is 1. The van der Waals surface area contributed by atoms with Crippen molar-refractivity contribution in [3.63, 3.8) is 0 Å². The van der Waals surface area contributed by atoms with E-state index in [1.807, 2.05) is 39.4 Å². The van der Waals surface area contributed by atoms with Crippen molar-refractivity contribution in [2.24, 2.45) is 0 Å². The lowest BCUT2D eigenvalue weighted by Gasteiger charge is -2.15. The molecule has 0 saturated carbocycles. The number of hydrogen-bond donors (Lipinski definition) is 0. The van der Waals surface area contributed by atoms with Gasteiger partial charge in [-0.05, 0) is 18.2 Å². The van der Waals surface area contributed by atoms with E-state index in [-0.39, 0.29) is 0 Å². The minimum Gasteiger partial charge on any atom is -0.130 e. The van der Waals surface area contributed by atoms with Crippen LogP contribution in [0.15, 0.2) is 24.1 Å². The molecule has 1 heterocycles. The lowest BCUT2D eigenvalue weighted by atomic mass is 10.2. The zero-order valence-corrected chi connectivity index (χ0v) is 9.52. The zero-order valence-electron chi connectivity index (χ0n) is 7.07. The summed E-state index contributed by atoms with van der Waals surface area (Å²) < 4.78 is 0. The molecule has 0 fully saturated rings. The van der Waals surface area contributed by atoms with Crippen LogP contribution in [0.25, 0.3) is 0 Å². The Bertz CT molecular complexity index is 154. The fourth-order valence-corrected chi connectivity index (χ4v) is 4.41. The summed E-state index contributed by atoms with van der Waals surface area (Å²) >= 11 is 1.98. The lowest BCUT2D eigenvalue weighted by Crippen LogP contribution is -2.06. The highest BCUT2D eigenvalue weighted by Gasteiger charge is 2.09. The molecule has 0 aromatic carbocycles. The van der Waals surface area contributed by atoms with Crippen LogP contribution in [-0.2, 0) is 0 Å². The van der Waals surface area contributed by atoms with Gasteiger partial charge in [0.2, 0.25) is 0 Å². The number of rotatable bonds is 5. The van der Waals surface area contributed by atoms with E-state index in [1.165, 1.54) is 18.6 Å². The Labute approximate surface area is 87.0 Å². The van der Waals surface area contributed by atoms with E-state index in [0.717, 1.165) is 11.0 Å². The number of hydrogen-bond acceptors (Lipinski definition) is 3. The average molecular weight is 218 g/mol. The Balaban J connectivity index is 1.99. The molecule has 68 valence electrons. The van der Waals surface area contributed by atoms with Crippen LogP contribution in [0, 0.1) is 0 Å². The summed E-state index contributed by atoms with van der Waals surface area (Å²) in [6.45, 7) is 3.69. The van der Waals surface area contributed by atoms with Gasteiger partial charge in [-0.15, -0.1) is 18.3 Å². The summed E-state index contributed by atoms with van der Waals surface area (Å²) in [6, 6.07) is 0. The fraction of sp³-hybridized carbons (Fsp3) is 0.556. The lowest BCUT2D eigenvalue weighted by molar-refractivity contribution is 0.836. The Morgan fingerprint density at radius 2 is 2.50 bits per heavy atom. The van der Waals surface area contributed by atoms with E-state index in [9.17, 15) is 0 Å². The van der Waals surface area contributed by atoms with Crippen molar-refractivity contribution in [2.45, 2.75) is 18.1 Å². The van der Waals surface area contributed by atoms with E-state index in [2.05, 4.69) is 18.1 Å². The Kier molecular flexibility index (Phi) is 6.17. The monoisotopic (exact) mass is 218 g/mol. The van der Waals surface area contributed by atoms with Crippen LogP contribution in [-0.4, -0.2) is 16.8 Å². The van der Waals surface area contributed by atoms with Crippen molar-refractivity contribution in [2.75, 3.05) is 11.5 Å². The van der Waals surface area contributed by atoms with E-state index >= 15 is 0 Å². The molecular weight excluding hydrogens is 204 g/mol. The first-order valence-electron chi connectivity index (χ1n) is 4.09. The quantitative estimate of drug-likeness (QED) is 0.389. The third-order valence-corrected chi connectivity index (χ3v) is 5.29.